The molecule has 2 aliphatic carbocycles. The van der Waals surface area contributed by atoms with Crippen LogP contribution in [0.3, 0.4) is 0 Å². The molecule has 0 amide bonds. The molecule has 0 aromatic carbocycles. The first-order valence-corrected chi connectivity index (χ1v) is 9.97. The molecule has 0 radical (unpaired) electrons. The number of nitrogen functional groups attached to an aromatic ring is 1. The van der Waals surface area contributed by atoms with E-state index in [1.165, 1.54) is 17.3 Å². The number of nitrogens with zero attached hydrogens (tertiary/aromatic N) is 3. The molecule has 1 aromatic rings. The molecule has 3 aliphatic rings. The van der Waals surface area contributed by atoms with Crippen LogP contribution in [0.4, 0.5) is 5.82 Å². The summed E-state index contributed by atoms with van der Waals surface area (Å²) in [6.07, 6.45) is 7.05. The normalized spacial score (nSPS) is 32.7. The molecule has 0 bridgehead atoms. The van der Waals surface area contributed by atoms with E-state index in [1.807, 2.05) is 20.8 Å². The van der Waals surface area contributed by atoms with Crippen molar-refractivity contribution in [2.45, 2.75) is 88.9 Å². The molecule has 1 aromatic heterocycles. The van der Waals surface area contributed by atoms with Crippen LogP contribution in [-0.4, -0.2) is 45.0 Å². The second-order valence-corrected chi connectivity index (χ2v) is 9.03. The molecule has 3 fully saturated rings. The van der Waals surface area contributed by atoms with Gasteiger partial charge in [0.1, 0.15) is 11.9 Å². The van der Waals surface area contributed by atoms with Gasteiger partial charge >= 0.3 is 5.69 Å². The Kier molecular flexibility index (Phi) is 4.76. The molecule has 1 aliphatic heterocycles. The molecule has 2 heterocycles. The maximum Gasteiger partial charge on any atom is 0.366 e. The summed E-state index contributed by atoms with van der Waals surface area (Å²) >= 11 is 0. The standard InChI is InChI=1S/C19H30N4O4/c1-18(2,3)25-11-12-9-13(23-17(24)22-14(20)10-21-23)16-15(12)26-19(27-16)7-5-4-6-8-19/h10,12-13,15-16H,4-9,11H2,1-3H3,(H2,20,22,24)/t12-,13-,15-,16+/m0/s1. The maximum absolute atomic E-state index is 12.4. The third-order valence-corrected chi connectivity index (χ3v) is 5.81. The summed E-state index contributed by atoms with van der Waals surface area (Å²) in [5.41, 5.74) is 4.94. The average Bonchev–Trinajstić information content (AvgIpc) is 3.09. The topological polar surface area (TPSA) is 101 Å². The van der Waals surface area contributed by atoms with Gasteiger partial charge in [0.05, 0.1) is 30.6 Å². The van der Waals surface area contributed by atoms with Crippen LogP contribution in [0.25, 0.3) is 0 Å². The van der Waals surface area contributed by atoms with Crippen molar-refractivity contribution in [2.75, 3.05) is 12.3 Å². The van der Waals surface area contributed by atoms with Crippen molar-refractivity contribution in [1.29, 1.82) is 0 Å². The molecule has 2 N–H and O–H groups in total. The number of aromatic nitrogens is 3. The monoisotopic (exact) mass is 378 g/mol. The van der Waals surface area contributed by atoms with Crippen molar-refractivity contribution in [3.63, 3.8) is 0 Å². The highest BCUT2D eigenvalue weighted by Gasteiger charge is 2.58. The van der Waals surface area contributed by atoms with Gasteiger partial charge < -0.3 is 19.9 Å². The molecule has 0 unspecified atom stereocenters. The van der Waals surface area contributed by atoms with Crippen molar-refractivity contribution >= 4 is 5.82 Å². The van der Waals surface area contributed by atoms with Crippen LogP contribution in [0.15, 0.2) is 11.0 Å². The SMILES string of the molecule is CC(C)(C)OC[C@@H]1C[C@H](n2ncc(N)nc2=O)[C@H]2OC3(CCCCC3)O[C@@H]12. The van der Waals surface area contributed by atoms with E-state index in [-0.39, 0.29) is 35.6 Å². The van der Waals surface area contributed by atoms with Gasteiger partial charge in [0.2, 0.25) is 0 Å². The molecule has 4 rings (SSSR count). The Morgan fingerprint density at radius 3 is 2.63 bits per heavy atom. The van der Waals surface area contributed by atoms with Gasteiger partial charge in [0, 0.05) is 18.8 Å². The van der Waals surface area contributed by atoms with Crippen LogP contribution in [0.2, 0.25) is 0 Å². The average molecular weight is 378 g/mol. The van der Waals surface area contributed by atoms with Crippen LogP contribution in [-0.2, 0) is 14.2 Å². The number of hydrogen-bond donors (Lipinski definition) is 1. The maximum atomic E-state index is 12.4. The number of anilines is 1. The van der Waals surface area contributed by atoms with Crippen LogP contribution >= 0.6 is 0 Å². The lowest BCUT2D eigenvalue weighted by atomic mass is 9.94. The minimum absolute atomic E-state index is 0.0956. The Hall–Kier alpha value is -1.51. The molecular weight excluding hydrogens is 348 g/mol. The fourth-order valence-corrected chi connectivity index (χ4v) is 4.57. The summed E-state index contributed by atoms with van der Waals surface area (Å²) in [6, 6.07) is -0.217. The fourth-order valence-electron chi connectivity index (χ4n) is 4.57. The number of fused-ring (bicyclic) bond motifs is 1. The minimum atomic E-state index is -0.517. The van der Waals surface area contributed by atoms with Crippen molar-refractivity contribution in [2.24, 2.45) is 5.92 Å². The molecule has 2 saturated carbocycles. The quantitative estimate of drug-likeness (QED) is 0.859. The summed E-state index contributed by atoms with van der Waals surface area (Å²) in [6.45, 7) is 6.70. The van der Waals surface area contributed by atoms with Crippen LogP contribution in [0.5, 0.6) is 0 Å². The Bertz CT molecular complexity index is 738. The summed E-state index contributed by atoms with van der Waals surface area (Å²) in [7, 11) is 0. The van der Waals surface area contributed by atoms with E-state index in [9.17, 15) is 4.79 Å². The van der Waals surface area contributed by atoms with E-state index in [1.54, 1.807) is 0 Å². The molecule has 27 heavy (non-hydrogen) atoms. The largest absolute Gasteiger partial charge is 0.382 e. The number of nitrogens with two attached hydrogens (primary N) is 1. The number of ether oxygens (including phenoxy) is 3. The van der Waals surface area contributed by atoms with Gasteiger partial charge in [-0.3, -0.25) is 0 Å². The van der Waals surface area contributed by atoms with Crippen molar-refractivity contribution < 1.29 is 14.2 Å². The predicted octanol–water partition coefficient (Wildman–Crippen LogP) is 2.04. The first kappa shape index (κ1) is 18.8. The summed E-state index contributed by atoms with van der Waals surface area (Å²) in [5.74, 6) is -0.241. The van der Waals surface area contributed by atoms with Crippen LogP contribution in [0, 0.1) is 5.92 Å². The Morgan fingerprint density at radius 2 is 1.96 bits per heavy atom. The van der Waals surface area contributed by atoms with E-state index in [0.29, 0.717) is 13.0 Å². The lowest BCUT2D eigenvalue weighted by molar-refractivity contribution is -0.208. The van der Waals surface area contributed by atoms with Gasteiger partial charge in [-0.1, -0.05) is 6.42 Å². The number of hydrogen-bond acceptors (Lipinski definition) is 7. The zero-order valence-corrected chi connectivity index (χ0v) is 16.4. The third-order valence-electron chi connectivity index (χ3n) is 5.81. The third kappa shape index (κ3) is 3.75. The van der Waals surface area contributed by atoms with E-state index >= 15 is 0 Å². The smallest absolute Gasteiger partial charge is 0.366 e. The first-order chi connectivity index (χ1) is 12.8. The first-order valence-electron chi connectivity index (χ1n) is 9.97. The highest BCUT2D eigenvalue weighted by atomic mass is 16.8. The van der Waals surface area contributed by atoms with E-state index in [2.05, 4.69) is 10.1 Å². The Labute approximate surface area is 159 Å². The molecule has 150 valence electrons. The summed E-state index contributed by atoms with van der Waals surface area (Å²) in [4.78, 5) is 16.2. The molecule has 1 saturated heterocycles. The zero-order valence-electron chi connectivity index (χ0n) is 16.4. The lowest BCUT2D eigenvalue weighted by Gasteiger charge is -2.34. The Morgan fingerprint density at radius 1 is 1.26 bits per heavy atom. The highest BCUT2D eigenvalue weighted by Crippen LogP contribution is 2.50. The number of rotatable bonds is 3. The highest BCUT2D eigenvalue weighted by molar-refractivity contribution is 5.20. The van der Waals surface area contributed by atoms with Gasteiger partial charge in [0.15, 0.2) is 5.79 Å². The van der Waals surface area contributed by atoms with E-state index < -0.39 is 11.5 Å². The lowest BCUT2D eigenvalue weighted by Crippen LogP contribution is -2.38. The zero-order chi connectivity index (χ0) is 19.2. The summed E-state index contributed by atoms with van der Waals surface area (Å²) in [5, 5.41) is 4.24. The fraction of sp³-hybridized carbons (Fsp3) is 0.842. The van der Waals surface area contributed by atoms with Crippen molar-refractivity contribution in [3.8, 4) is 0 Å². The second-order valence-electron chi connectivity index (χ2n) is 9.03. The van der Waals surface area contributed by atoms with Gasteiger partial charge in [-0.25, -0.2) is 9.48 Å². The van der Waals surface area contributed by atoms with Crippen molar-refractivity contribution in [1.82, 2.24) is 14.8 Å². The minimum Gasteiger partial charge on any atom is -0.382 e. The van der Waals surface area contributed by atoms with Gasteiger partial charge in [-0.05, 0) is 40.0 Å². The predicted molar refractivity (Wildman–Crippen MR) is 99.1 cm³/mol. The molecule has 4 atom stereocenters. The van der Waals surface area contributed by atoms with Crippen LogP contribution in [0.1, 0.15) is 65.3 Å². The molecule has 8 nitrogen and oxygen atoms in total. The molecule has 8 heteroatoms. The Balaban J connectivity index is 1.61. The van der Waals surface area contributed by atoms with Gasteiger partial charge in [0.25, 0.3) is 0 Å². The molecule has 1 spiro atoms. The van der Waals surface area contributed by atoms with Gasteiger partial charge in [-0.2, -0.15) is 10.1 Å². The second kappa shape index (κ2) is 6.83. The molecular formula is C19H30N4O4. The van der Waals surface area contributed by atoms with Gasteiger partial charge in [-0.15, -0.1) is 0 Å². The van der Waals surface area contributed by atoms with Crippen LogP contribution < -0.4 is 11.4 Å². The van der Waals surface area contributed by atoms with E-state index in [4.69, 9.17) is 19.9 Å². The summed E-state index contributed by atoms with van der Waals surface area (Å²) < 4.78 is 20.5. The van der Waals surface area contributed by atoms with E-state index in [0.717, 1.165) is 25.7 Å². The van der Waals surface area contributed by atoms with Crippen molar-refractivity contribution in [3.05, 3.63) is 16.7 Å².